The Hall–Kier alpha value is -4.34. The number of rotatable bonds is 8. The van der Waals surface area contributed by atoms with E-state index < -0.39 is 30.4 Å². The molecule has 1 aromatic heterocycles. The average Bonchev–Trinajstić information content (AvgIpc) is 3.63. The van der Waals surface area contributed by atoms with E-state index in [1.807, 2.05) is 76.2 Å². The zero-order valence-corrected chi connectivity index (χ0v) is 25.7. The summed E-state index contributed by atoms with van der Waals surface area (Å²) in [5.41, 5.74) is 6.33. The maximum Gasteiger partial charge on any atom is 0.492 e. The van der Waals surface area contributed by atoms with Crippen LogP contribution in [0.3, 0.4) is 0 Å². The molecule has 1 aliphatic heterocycles. The van der Waals surface area contributed by atoms with E-state index in [1.54, 1.807) is 13.0 Å². The van der Waals surface area contributed by atoms with Gasteiger partial charge in [-0.3, -0.25) is 0 Å². The number of benzene rings is 3. The molecule has 2 aliphatic rings. The number of alkyl carbamates (subject to hydrolysis) is 1. The van der Waals surface area contributed by atoms with Crippen molar-refractivity contribution in [3.05, 3.63) is 101 Å². The molecule has 3 aromatic carbocycles. The van der Waals surface area contributed by atoms with Gasteiger partial charge in [0, 0.05) is 23.4 Å². The quantitative estimate of drug-likeness (QED) is 0.171. The van der Waals surface area contributed by atoms with Crippen LogP contribution in [0.1, 0.15) is 67.7 Å². The molecule has 226 valence electrons. The van der Waals surface area contributed by atoms with E-state index in [4.69, 9.17) is 18.8 Å². The van der Waals surface area contributed by atoms with Crippen LogP contribution in [0.2, 0.25) is 0 Å². The first-order valence-corrected chi connectivity index (χ1v) is 15.0. The van der Waals surface area contributed by atoms with Crippen LogP contribution in [0.5, 0.6) is 0 Å². The molecule has 2 N–H and O–H groups in total. The van der Waals surface area contributed by atoms with Crippen molar-refractivity contribution in [1.29, 1.82) is 0 Å². The highest BCUT2D eigenvalue weighted by molar-refractivity contribution is 6.56. The fourth-order valence-electron chi connectivity index (χ4n) is 5.79. The van der Waals surface area contributed by atoms with Gasteiger partial charge in [0.25, 0.3) is 0 Å². The highest BCUT2D eigenvalue weighted by Crippen LogP contribution is 2.44. The van der Waals surface area contributed by atoms with E-state index in [2.05, 4.69) is 34.6 Å². The number of amides is 1. The number of hydrogen-bond acceptors (Lipinski definition) is 6. The minimum Gasteiger partial charge on any atom is -0.461 e. The highest BCUT2D eigenvalue weighted by atomic mass is 16.7. The van der Waals surface area contributed by atoms with Crippen molar-refractivity contribution >= 4 is 36.2 Å². The predicted molar refractivity (Wildman–Crippen MR) is 171 cm³/mol. The molecule has 1 saturated heterocycles. The van der Waals surface area contributed by atoms with E-state index in [9.17, 15) is 9.59 Å². The lowest BCUT2D eigenvalue weighted by molar-refractivity contribution is 0.00578. The minimum absolute atomic E-state index is 0.0294. The number of nitrogens with one attached hydrogen (secondary N) is 2. The Balaban J connectivity index is 1.20. The molecule has 0 radical (unpaired) electrons. The van der Waals surface area contributed by atoms with Crippen molar-refractivity contribution in [2.45, 2.75) is 51.7 Å². The summed E-state index contributed by atoms with van der Waals surface area (Å²) in [4.78, 5) is 28.4. The lowest BCUT2D eigenvalue weighted by atomic mass is 9.77. The molecule has 2 heterocycles. The van der Waals surface area contributed by atoms with Gasteiger partial charge in [-0.2, -0.15) is 0 Å². The molecule has 1 amide bonds. The number of esters is 1. The Morgan fingerprint density at radius 2 is 1.55 bits per heavy atom. The summed E-state index contributed by atoms with van der Waals surface area (Å²) in [5.74, 6) is -0.427. The largest absolute Gasteiger partial charge is 0.492 e. The van der Waals surface area contributed by atoms with Gasteiger partial charge in [0.05, 0.1) is 17.8 Å². The van der Waals surface area contributed by atoms with Gasteiger partial charge in [-0.15, -0.1) is 0 Å². The molecule has 6 rings (SSSR count). The molecule has 0 saturated carbocycles. The number of aromatic amines is 1. The summed E-state index contributed by atoms with van der Waals surface area (Å²) in [6.45, 7) is 10.4. The maximum absolute atomic E-state index is 13.1. The fourth-order valence-corrected chi connectivity index (χ4v) is 5.79. The van der Waals surface area contributed by atoms with Crippen molar-refractivity contribution in [2.24, 2.45) is 0 Å². The SMILES string of the molecule is CCOC(=O)c1cc2ccc(C=C(CNC(=O)OCC3c4ccccc4-c4ccccc43)B3OC(C)(C)C(C)(C)O3)cc2[nH]1. The van der Waals surface area contributed by atoms with Crippen LogP contribution in [0.15, 0.2) is 78.3 Å². The normalized spacial score (nSPS) is 16.9. The van der Waals surface area contributed by atoms with Crippen LogP contribution >= 0.6 is 0 Å². The second-order valence-electron chi connectivity index (χ2n) is 12.2. The van der Waals surface area contributed by atoms with E-state index in [-0.39, 0.29) is 19.1 Å². The Morgan fingerprint density at radius 1 is 0.909 bits per heavy atom. The van der Waals surface area contributed by atoms with Gasteiger partial charge in [0.15, 0.2) is 0 Å². The number of carbonyl (C=O) groups excluding carboxylic acids is 2. The Morgan fingerprint density at radius 3 is 2.18 bits per heavy atom. The van der Waals surface area contributed by atoms with Gasteiger partial charge in [-0.1, -0.05) is 66.7 Å². The smallest absolute Gasteiger partial charge is 0.461 e. The third-order valence-corrected chi connectivity index (χ3v) is 8.83. The molecule has 0 atom stereocenters. The van der Waals surface area contributed by atoms with Gasteiger partial charge in [-0.05, 0) is 80.0 Å². The van der Waals surface area contributed by atoms with E-state index in [0.29, 0.717) is 12.3 Å². The van der Waals surface area contributed by atoms with Crippen LogP contribution in [-0.2, 0) is 18.8 Å². The fraction of sp³-hybridized carbons (Fsp3) is 0.314. The first-order chi connectivity index (χ1) is 21.1. The van der Waals surface area contributed by atoms with E-state index in [0.717, 1.165) is 33.1 Å². The van der Waals surface area contributed by atoms with Gasteiger partial charge in [0.1, 0.15) is 12.3 Å². The first kappa shape index (κ1) is 29.7. The Labute approximate surface area is 257 Å². The molecule has 1 fully saturated rings. The monoisotopic (exact) mass is 592 g/mol. The zero-order valence-electron chi connectivity index (χ0n) is 25.7. The van der Waals surface area contributed by atoms with Crippen LogP contribution in [0.25, 0.3) is 28.1 Å². The Kier molecular flexibility index (Phi) is 7.86. The van der Waals surface area contributed by atoms with Crippen LogP contribution in [0, 0.1) is 0 Å². The second-order valence-corrected chi connectivity index (χ2v) is 12.2. The maximum atomic E-state index is 13.1. The summed E-state index contributed by atoms with van der Waals surface area (Å²) in [5, 5.41) is 3.81. The van der Waals surface area contributed by atoms with Crippen molar-refractivity contribution in [1.82, 2.24) is 10.3 Å². The number of fused-ring (bicyclic) bond motifs is 4. The molecular formula is C35H37BN2O6. The zero-order chi connectivity index (χ0) is 31.1. The average molecular weight is 593 g/mol. The lowest BCUT2D eigenvalue weighted by Gasteiger charge is -2.32. The third kappa shape index (κ3) is 5.65. The number of H-pyrrole nitrogens is 1. The number of hydrogen-bond donors (Lipinski definition) is 2. The highest BCUT2D eigenvalue weighted by Gasteiger charge is 2.52. The molecule has 44 heavy (non-hydrogen) atoms. The molecule has 0 unspecified atom stereocenters. The van der Waals surface area contributed by atoms with Gasteiger partial charge in [0.2, 0.25) is 0 Å². The summed E-state index contributed by atoms with van der Waals surface area (Å²) in [6.07, 6.45) is 1.42. The van der Waals surface area contributed by atoms with Crippen molar-refractivity contribution < 1.29 is 28.4 Å². The van der Waals surface area contributed by atoms with E-state index in [1.165, 1.54) is 11.1 Å². The lowest BCUT2D eigenvalue weighted by Crippen LogP contribution is -2.41. The molecule has 0 spiro atoms. The summed E-state index contributed by atoms with van der Waals surface area (Å²) >= 11 is 0. The molecule has 9 heteroatoms. The van der Waals surface area contributed by atoms with Crippen LogP contribution < -0.4 is 5.32 Å². The molecule has 1 aliphatic carbocycles. The minimum atomic E-state index is -0.677. The van der Waals surface area contributed by atoms with Gasteiger partial charge < -0.3 is 29.1 Å². The number of aromatic nitrogens is 1. The summed E-state index contributed by atoms with van der Waals surface area (Å²) in [6, 6.07) is 24.1. The van der Waals surface area contributed by atoms with Crippen LogP contribution in [-0.4, -0.2) is 55.1 Å². The third-order valence-electron chi connectivity index (χ3n) is 8.83. The summed E-state index contributed by atoms with van der Waals surface area (Å²) in [7, 11) is -0.677. The van der Waals surface area contributed by atoms with E-state index >= 15 is 0 Å². The van der Waals surface area contributed by atoms with Crippen molar-refractivity contribution in [3.63, 3.8) is 0 Å². The molecule has 8 nitrogen and oxygen atoms in total. The topological polar surface area (TPSA) is 98.9 Å². The molecular weight excluding hydrogens is 555 g/mol. The van der Waals surface area contributed by atoms with Crippen LogP contribution in [0.4, 0.5) is 4.79 Å². The van der Waals surface area contributed by atoms with Crippen molar-refractivity contribution in [3.8, 4) is 11.1 Å². The number of ether oxygens (including phenoxy) is 2. The standard InChI is InChI=1S/C35H37BN2O6/c1-6-41-32(39)31-19-23-16-15-22(18-30(23)38-31)17-24(36-43-34(2,3)35(4,5)44-36)20-37-33(40)42-21-29-27-13-9-7-11-25(27)26-12-8-10-14-28(26)29/h7-19,29,38H,6,20-21H2,1-5H3,(H,37,40). The molecule has 4 aromatic rings. The predicted octanol–water partition coefficient (Wildman–Crippen LogP) is 6.90. The molecule has 0 bridgehead atoms. The second kappa shape index (κ2) is 11.6. The first-order valence-electron chi connectivity index (χ1n) is 15.0. The summed E-state index contributed by atoms with van der Waals surface area (Å²) < 4.78 is 23.6. The van der Waals surface area contributed by atoms with Crippen molar-refractivity contribution in [2.75, 3.05) is 19.8 Å². The van der Waals surface area contributed by atoms with Gasteiger partial charge >= 0.3 is 19.2 Å². The Bertz CT molecular complexity index is 1700. The number of carbonyl (C=O) groups is 2. The van der Waals surface area contributed by atoms with Gasteiger partial charge in [-0.25, -0.2) is 9.59 Å².